The van der Waals surface area contributed by atoms with Crippen molar-refractivity contribution < 1.29 is 0 Å². The van der Waals surface area contributed by atoms with Crippen molar-refractivity contribution in [2.45, 2.75) is 44.1 Å². The highest BCUT2D eigenvalue weighted by atomic mass is 14.8. The number of nitrogens with two attached hydrogens (primary N) is 1. The topological polar surface area (TPSA) is 54.2 Å². The maximum atomic E-state index is 5.95. The Labute approximate surface area is 95.5 Å². The highest BCUT2D eigenvalue weighted by Gasteiger charge is 2.21. The van der Waals surface area contributed by atoms with E-state index >= 15 is 0 Å². The van der Waals surface area contributed by atoms with Crippen molar-refractivity contribution in [2.75, 3.05) is 6.54 Å². The fourth-order valence-corrected chi connectivity index (χ4v) is 2.94. The van der Waals surface area contributed by atoms with Gasteiger partial charge in [-0.2, -0.15) is 0 Å². The molecule has 1 aromatic rings. The molecule has 3 heteroatoms. The maximum Gasteiger partial charge on any atom is 0.132 e. The highest BCUT2D eigenvalue weighted by Crippen LogP contribution is 2.30. The van der Waals surface area contributed by atoms with Gasteiger partial charge in [-0.1, -0.05) is 6.08 Å². The quantitative estimate of drug-likeness (QED) is 0.718. The van der Waals surface area contributed by atoms with Crippen molar-refractivity contribution in [1.29, 1.82) is 0 Å². The van der Waals surface area contributed by atoms with E-state index in [-0.39, 0.29) is 0 Å². The van der Waals surface area contributed by atoms with Gasteiger partial charge in [0.05, 0.1) is 0 Å². The van der Waals surface area contributed by atoms with E-state index in [1.807, 2.05) is 0 Å². The minimum Gasteiger partial charge on any atom is -0.346 e. The maximum absolute atomic E-state index is 5.95. The summed E-state index contributed by atoms with van der Waals surface area (Å²) in [4.78, 5) is 7.82. The van der Waals surface area contributed by atoms with E-state index in [1.54, 1.807) is 0 Å². The van der Waals surface area contributed by atoms with Crippen LogP contribution in [0.2, 0.25) is 0 Å². The van der Waals surface area contributed by atoms with Gasteiger partial charge in [-0.3, -0.25) is 4.99 Å². The molecule has 2 heterocycles. The van der Waals surface area contributed by atoms with Crippen LogP contribution < -0.4 is 16.4 Å². The molecule has 86 valence electrons. The zero-order valence-corrected chi connectivity index (χ0v) is 9.58. The Morgan fingerprint density at radius 2 is 2.06 bits per heavy atom. The van der Waals surface area contributed by atoms with Gasteiger partial charge in [0.1, 0.15) is 5.49 Å². The summed E-state index contributed by atoms with van der Waals surface area (Å²) < 4.78 is 0. The highest BCUT2D eigenvalue weighted by molar-refractivity contribution is 5.32. The van der Waals surface area contributed by atoms with Gasteiger partial charge in [-0.05, 0) is 43.6 Å². The minimum absolute atomic E-state index is 0.430. The van der Waals surface area contributed by atoms with Crippen LogP contribution in [0, 0.1) is 0 Å². The molecule has 1 fully saturated rings. The number of fused-ring (bicyclic) bond motifs is 1. The van der Waals surface area contributed by atoms with Gasteiger partial charge < -0.3 is 10.7 Å². The lowest BCUT2D eigenvalue weighted by molar-refractivity contribution is 0.395. The summed E-state index contributed by atoms with van der Waals surface area (Å²) >= 11 is 0. The molecule has 3 rings (SSSR count). The monoisotopic (exact) mass is 217 g/mol. The van der Waals surface area contributed by atoms with Crippen LogP contribution in [0.5, 0.6) is 0 Å². The lowest BCUT2D eigenvalue weighted by Gasteiger charge is -2.25. The average molecular weight is 217 g/mol. The number of nitrogens with zero attached hydrogens (tertiary/aromatic N) is 1. The van der Waals surface area contributed by atoms with Gasteiger partial charge in [0.15, 0.2) is 0 Å². The Balaban J connectivity index is 1.93. The molecular weight excluding hydrogens is 198 g/mol. The van der Waals surface area contributed by atoms with E-state index in [0.717, 1.165) is 18.5 Å². The third kappa shape index (κ3) is 1.69. The Morgan fingerprint density at radius 3 is 2.88 bits per heavy atom. The molecular formula is C13H19N3. The van der Waals surface area contributed by atoms with Crippen LogP contribution in [0.3, 0.4) is 0 Å². The number of hydrogen-bond acceptors (Lipinski definition) is 2. The molecule has 0 amide bonds. The summed E-state index contributed by atoms with van der Waals surface area (Å²) in [6, 6.07) is 0.430. The molecule has 1 aliphatic carbocycles. The summed E-state index contributed by atoms with van der Waals surface area (Å²) in [6.45, 7) is 0.933. The van der Waals surface area contributed by atoms with Crippen molar-refractivity contribution in [3.63, 3.8) is 0 Å². The van der Waals surface area contributed by atoms with E-state index < -0.39 is 0 Å². The van der Waals surface area contributed by atoms with Crippen LogP contribution in [-0.2, 0) is 0 Å². The third-order valence-corrected chi connectivity index (χ3v) is 3.89. The number of nitrogens with one attached hydrogen (secondary N) is 1. The molecule has 1 aromatic heterocycles. The first-order valence-electron chi connectivity index (χ1n) is 6.32. The smallest absolute Gasteiger partial charge is 0.132 e. The molecule has 0 unspecified atom stereocenters. The van der Waals surface area contributed by atoms with Crippen molar-refractivity contribution in [3.8, 4) is 0 Å². The number of hydrogen-bond donors (Lipinski definition) is 2. The van der Waals surface area contributed by atoms with Gasteiger partial charge in [0, 0.05) is 24.0 Å². The van der Waals surface area contributed by atoms with Crippen molar-refractivity contribution in [3.05, 3.63) is 22.5 Å². The molecule has 0 aromatic carbocycles. The van der Waals surface area contributed by atoms with Crippen LogP contribution in [0.25, 0.3) is 6.08 Å². The molecule has 2 aliphatic rings. The number of H-pyrrole nitrogens is 1. The molecule has 0 spiro atoms. The summed E-state index contributed by atoms with van der Waals surface area (Å²) in [6.07, 6.45) is 10.4. The van der Waals surface area contributed by atoms with Crippen molar-refractivity contribution in [2.24, 2.45) is 10.7 Å². The summed E-state index contributed by atoms with van der Waals surface area (Å²) in [5.74, 6) is 0.698. The summed E-state index contributed by atoms with van der Waals surface area (Å²) in [7, 11) is 0. The van der Waals surface area contributed by atoms with E-state index in [0.29, 0.717) is 12.0 Å². The Kier molecular flexibility index (Phi) is 2.56. The molecule has 16 heavy (non-hydrogen) atoms. The third-order valence-electron chi connectivity index (χ3n) is 3.89. The second-order valence-corrected chi connectivity index (χ2v) is 4.99. The van der Waals surface area contributed by atoms with E-state index in [1.165, 1.54) is 36.5 Å². The SMILES string of the molecule is NC1CCC(c2c[nH]c3c2=CCCN=3)CC1. The van der Waals surface area contributed by atoms with Gasteiger partial charge >= 0.3 is 0 Å². The van der Waals surface area contributed by atoms with Crippen LogP contribution in [0.4, 0.5) is 0 Å². The Hall–Kier alpha value is -1.09. The van der Waals surface area contributed by atoms with Gasteiger partial charge in [0.25, 0.3) is 0 Å². The average Bonchev–Trinajstić information content (AvgIpc) is 2.74. The standard InChI is InChI=1S/C13H19N3/c14-10-5-3-9(4-6-10)12-8-16-13-11(12)2-1-7-15-13/h2,8-10H,1,3-7,14H2,(H,15,16). The van der Waals surface area contributed by atoms with Gasteiger partial charge in [0.2, 0.25) is 0 Å². The predicted molar refractivity (Wildman–Crippen MR) is 64.7 cm³/mol. The zero-order valence-electron chi connectivity index (χ0n) is 9.58. The fourth-order valence-electron chi connectivity index (χ4n) is 2.94. The van der Waals surface area contributed by atoms with Crippen LogP contribution in [-0.4, -0.2) is 17.6 Å². The first-order chi connectivity index (χ1) is 7.84. The number of aromatic nitrogens is 1. The molecule has 3 nitrogen and oxygen atoms in total. The summed E-state index contributed by atoms with van der Waals surface area (Å²) in [5, 5.41) is 1.37. The Bertz CT molecular complexity index is 478. The zero-order chi connectivity index (χ0) is 11.0. The van der Waals surface area contributed by atoms with E-state index in [4.69, 9.17) is 5.73 Å². The van der Waals surface area contributed by atoms with E-state index in [9.17, 15) is 0 Å². The Morgan fingerprint density at radius 1 is 1.25 bits per heavy atom. The molecule has 0 bridgehead atoms. The first-order valence-corrected chi connectivity index (χ1v) is 6.32. The predicted octanol–water partition coefficient (Wildman–Crippen LogP) is 0.803. The van der Waals surface area contributed by atoms with Crippen molar-refractivity contribution in [1.82, 2.24) is 4.98 Å². The van der Waals surface area contributed by atoms with Gasteiger partial charge in [-0.25, -0.2) is 0 Å². The molecule has 0 radical (unpaired) electrons. The minimum atomic E-state index is 0.430. The fraction of sp³-hybridized carbons (Fsp3) is 0.615. The first kappa shape index (κ1) is 10.1. The normalized spacial score (nSPS) is 29.1. The largest absolute Gasteiger partial charge is 0.346 e. The molecule has 3 N–H and O–H groups in total. The van der Waals surface area contributed by atoms with E-state index in [2.05, 4.69) is 22.2 Å². The second kappa shape index (κ2) is 4.06. The molecule has 0 saturated heterocycles. The lowest BCUT2D eigenvalue weighted by Crippen LogP contribution is -2.32. The lowest BCUT2D eigenvalue weighted by atomic mass is 9.82. The second-order valence-electron chi connectivity index (χ2n) is 4.99. The molecule has 1 aliphatic heterocycles. The van der Waals surface area contributed by atoms with Crippen LogP contribution in [0.15, 0.2) is 11.2 Å². The molecule has 1 saturated carbocycles. The summed E-state index contributed by atoms with van der Waals surface area (Å²) in [5.41, 5.74) is 8.52. The van der Waals surface area contributed by atoms with Gasteiger partial charge in [-0.15, -0.1) is 0 Å². The van der Waals surface area contributed by atoms with Crippen molar-refractivity contribution >= 4 is 6.08 Å². The number of rotatable bonds is 1. The number of aromatic amines is 1. The molecule has 0 atom stereocenters. The van der Waals surface area contributed by atoms with Crippen LogP contribution in [0.1, 0.15) is 43.6 Å². The van der Waals surface area contributed by atoms with Crippen LogP contribution >= 0.6 is 0 Å².